The van der Waals surface area contributed by atoms with Crippen molar-refractivity contribution in [2.75, 3.05) is 0 Å². The minimum absolute atomic E-state index is 0.819. The third kappa shape index (κ3) is 28.3. The Labute approximate surface area is 57.9 Å². The van der Waals surface area contributed by atoms with Crippen LogP contribution in [-0.4, -0.2) is 2.02 Å². The van der Waals surface area contributed by atoms with Crippen LogP contribution in [0.5, 0.6) is 0 Å². The summed E-state index contributed by atoms with van der Waals surface area (Å²) >= 11 is 15.3. The highest BCUT2D eigenvalue weighted by molar-refractivity contribution is 9.28. The van der Waals surface area contributed by atoms with Crippen LogP contribution in [0.25, 0.3) is 0 Å². The molecule has 0 saturated heterocycles. The molecule has 0 aliphatic carbocycles. The van der Waals surface area contributed by atoms with E-state index in [-0.39, 0.29) is 0 Å². The predicted octanol–water partition coefficient (Wildman–Crippen LogP) is 2.82. The molecular weight excluding hydrogens is 239 g/mol. The molecule has 0 fully saturated rings. The zero-order chi connectivity index (χ0) is 4.50. The van der Waals surface area contributed by atoms with Gasteiger partial charge in [-0.1, -0.05) is 11.6 Å². The highest BCUT2D eigenvalue weighted by Gasteiger charge is 2.08. The highest BCUT2D eigenvalue weighted by Crippen LogP contribution is 2.34. The molecule has 0 nitrogen and oxygen atoms in total. The Morgan fingerprint density at radius 1 is 1.60 bits per heavy atom. The summed E-state index contributed by atoms with van der Waals surface area (Å²) < 4.78 is -0.819. The van der Waals surface area contributed by atoms with Gasteiger partial charge in [0.25, 0.3) is 0 Å². The molecule has 0 heterocycles. The maximum Gasteiger partial charge on any atom is 0.208 e. The number of rotatable bonds is 0. The number of halogens is 3. The molecule has 0 aliphatic rings. The van der Waals surface area contributed by atoms with Gasteiger partial charge in [0, 0.05) is 0 Å². The fraction of sp³-hybridized carbons (Fsp3) is 1.00. The van der Waals surface area contributed by atoms with Gasteiger partial charge in [0.05, 0.1) is 0 Å². The van der Waals surface area contributed by atoms with Crippen LogP contribution >= 0.6 is 56.1 Å². The largest absolute Gasteiger partial charge is 0.208 e. The molecule has 0 aromatic heterocycles. The summed E-state index contributed by atoms with van der Waals surface area (Å²) in [7, 11) is 0. The van der Waals surface area contributed by atoms with Crippen molar-refractivity contribution in [3.63, 3.8) is 0 Å². The summed E-state index contributed by atoms with van der Waals surface area (Å²) in [5.74, 6) is 0. The lowest BCUT2D eigenvalue weighted by Crippen LogP contribution is -1.78. The van der Waals surface area contributed by atoms with Gasteiger partial charge in [0.2, 0.25) is 2.02 Å². The van der Waals surface area contributed by atoms with E-state index in [4.69, 9.17) is 11.6 Å². The Kier molecular flexibility index (Phi) is 2.71. The van der Waals surface area contributed by atoms with Crippen LogP contribution in [0.3, 0.4) is 0 Å². The molecule has 0 rings (SSSR count). The van der Waals surface area contributed by atoms with Gasteiger partial charge in [-0.2, -0.15) is 0 Å². The molecule has 0 unspecified atom stereocenters. The first-order chi connectivity index (χ1) is 2.00. The fourth-order valence-electron chi connectivity index (χ4n) is 0. The molecule has 0 aromatic rings. The first-order valence-corrected chi connectivity index (χ1v) is 3.14. The SMILES string of the molecule is [S]C(Cl)(Br)Br. The van der Waals surface area contributed by atoms with E-state index in [1.165, 1.54) is 0 Å². The maximum absolute atomic E-state index is 5.18. The molecule has 0 atom stereocenters. The monoisotopic (exact) mass is 237 g/mol. The van der Waals surface area contributed by atoms with Crippen LogP contribution in [0, 0.1) is 0 Å². The lowest BCUT2D eigenvalue weighted by molar-refractivity contribution is 2.00. The second kappa shape index (κ2) is 2.05. The van der Waals surface area contributed by atoms with E-state index in [1.807, 2.05) is 0 Å². The second-order valence-electron chi connectivity index (χ2n) is 0.446. The van der Waals surface area contributed by atoms with Gasteiger partial charge >= 0.3 is 0 Å². The van der Waals surface area contributed by atoms with Gasteiger partial charge in [0.15, 0.2) is 0 Å². The highest BCUT2D eigenvalue weighted by atomic mass is 79.9. The van der Waals surface area contributed by atoms with Crippen molar-refractivity contribution in [3.8, 4) is 0 Å². The number of alkyl halides is 3. The van der Waals surface area contributed by atoms with Gasteiger partial charge in [-0.15, -0.1) is 0 Å². The minimum atomic E-state index is -0.819. The minimum Gasteiger partial charge on any atom is -0.0808 e. The average molecular weight is 239 g/mol. The molecule has 0 spiro atoms. The molecular formula is CBr2ClS. The normalized spacial score (nSPS) is 12.0. The maximum atomic E-state index is 5.18. The summed E-state index contributed by atoms with van der Waals surface area (Å²) in [6.45, 7) is 0. The second-order valence-corrected chi connectivity index (χ2v) is 7.26. The standard InChI is InChI=1S/CBr2ClS/c2-1(3,4)5. The molecule has 4 heteroatoms. The zero-order valence-electron chi connectivity index (χ0n) is 2.04. The van der Waals surface area contributed by atoms with Crippen molar-refractivity contribution in [1.82, 2.24) is 0 Å². The third-order valence-electron chi connectivity index (χ3n) is 0. The van der Waals surface area contributed by atoms with Crippen molar-refractivity contribution in [2.45, 2.75) is 2.02 Å². The topological polar surface area (TPSA) is 0 Å². The smallest absolute Gasteiger partial charge is 0.0808 e. The van der Waals surface area contributed by atoms with E-state index < -0.39 is 2.02 Å². The van der Waals surface area contributed by atoms with E-state index in [9.17, 15) is 0 Å². The molecule has 0 N–H and O–H groups in total. The molecule has 5 heavy (non-hydrogen) atoms. The van der Waals surface area contributed by atoms with E-state index in [0.29, 0.717) is 0 Å². The van der Waals surface area contributed by atoms with Crippen molar-refractivity contribution in [1.29, 1.82) is 0 Å². The molecule has 1 radical (unpaired) electrons. The fourth-order valence-corrected chi connectivity index (χ4v) is 0. The van der Waals surface area contributed by atoms with Crippen LogP contribution in [0.1, 0.15) is 0 Å². The van der Waals surface area contributed by atoms with Crippen molar-refractivity contribution in [3.05, 3.63) is 0 Å². The Balaban J connectivity index is 3.02. The van der Waals surface area contributed by atoms with Gasteiger partial charge in [-0.3, -0.25) is 0 Å². The van der Waals surface area contributed by atoms with Gasteiger partial charge in [0.1, 0.15) is 0 Å². The summed E-state index contributed by atoms with van der Waals surface area (Å²) in [6, 6.07) is 0. The molecule has 31 valence electrons. The van der Waals surface area contributed by atoms with Gasteiger partial charge in [-0.05, 0) is 44.5 Å². The predicted molar refractivity (Wildman–Crippen MR) is 34.0 cm³/mol. The summed E-state index contributed by atoms with van der Waals surface area (Å²) in [6.07, 6.45) is 0. The Morgan fingerprint density at radius 2 is 1.60 bits per heavy atom. The van der Waals surface area contributed by atoms with Gasteiger partial charge < -0.3 is 0 Å². The third-order valence-corrected chi connectivity index (χ3v) is 0. The van der Waals surface area contributed by atoms with E-state index in [2.05, 4.69) is 44.5 Å². The summed E-state index contributed by atoms with van der Waals surface area (Å²) in [5.41, 5.74) is 0. The first-order valence-electron chi connectivity index (χ1n) is 0.771. The van der Waals surface area contributed by atoms with Crippen molar-refractivity contribution in [2.24, 2.45) is 0 Å². The van der Waals surface area contributed by atoms with Crippen LogP contribution in [0.4, 0.5) is 0 Å². The first kappa shape index (κ1) is 6.60. The van der Waals surface area contributed by atoms with Crippen LogP contribution in [0.2, 0.25) is 0 Å². The van der Waals surface area contributed by atoms with Crippen LogP contribution in [0.15, 0.2) is 0 Å². The molecule has 0 amide bonds. The van der Waals surface area contributed by atoms with Gasteiger partial charge in [-0.25, -0.2) is 0 Å². The quantitative estimate of drug-likeness (QED) is 0.570. The Morgan fingerprint density at radius 3 is 1.60 bits per heavy atom. The van der Waals surface area contributed by atoms with E-state index in [1.54, 1.807) is 0 Å². The number of hydrogen-bond acceptors (Lipinski definition) is 0. The summed E-state index contributed by atoms with van der Waals surface area (Å²) in [4.78, 5) is 0. The summed E-state index contributed by atoms with van der Waals surface area (Å²) in [5, 5.41) is 0. The molecule has 0 aliphatic heterocycles. The zero-order valence-corrected chi connectivity index (χ0v) is 6.79. The van der Waals surface area contributed by atoms with Crippen molar-refractivity contribution < 1.29 is 0 Å². The Hall–Kier alpha value is 1.60. The molecule has 0 saturated carbocycles. The van der Waals surface area contributed by atoms with Crippen LogP contribution in [-0.2, 0) is 0 Å². The number of hydrogen-bond donors (Lipinski definition) is 0. The van der Waals surface area contributed by atoms with E-state index in [0.717, 1.165) is 0 Å². The molecule has 0 bridgehead atoms. The lowest BCUT2D eigenvalue weighted by atomic mass is 11.9. The van der Waals surface area contributed by atoms with Crippen LogP contribution < -0.4 is 0 Å². The lowest BCUT2D eigenvalue weighted by Gasteiger charge is -1.92. The van der Waals surface area contributed by atoms with Crippen molar-refractivity contribution >= 4 is 56.1 Å². The molecule has 0 aromatic carbocycles. The average Bonchev–Trinajstić information content (AvgIpc) is 0.722. The Bertz CT molecular complexity index is 25.1. The van der Waals surface area contributed by atoms with E-state index >= 15 is 0 Å².